The normalized spacial score (nSPS) is 12.7. The van der Waals surface area contributed by atoms with Crippen molar-refractivity contribution in [1.29, 1.82) is 0 Å². The summed E-state index contributed by atoms with van der Waals surface area (Å²) in [6, 6.07) is 24.9. The van der Waals surface area contributed by atoms with Crippen molar-refractivity contribution in [1.82, 2.24) is 0 Å². The van der Waals surface area contributed by atoms with Crippen LogP contribution < -0.4 is 0 Å². The first kappa shape index (κ1) is 17.5. The Labute approximate surface area is 153 Å². The number of aliphatic imine (C=N–C) groups is 1. The summed E-state index contributed by atoms with van der Waals surface area (Å²) < 4.78 is 0. The Morgan fingerprint density at radius 3 is 2.23 bits per heavy atom. The van der Waals surface area contributed by atoms with E-state index < -0.39 is 0 Å². The number of azo groups is 1. The lowest BCUT2D eigenvalue weighted by Crippen LogP contribution is -1.98. The Hall–Kier alpha value is -3.27. The van der Waals surface area contributed by atoms with E-state index in [0.29, 0.717) is 23.7 Å². The number of hydrogen-bond donors (Lipinski definition) is 1. The Kier molecular flexibility index (Phi) is 5.88. The van der Waals surface area contributed by atoms with Gasteiger partial charge in [0.15, 0.2) is 0 Å². The van der Waals surface area contributed by atoms with E-state index in [-0.39, 0.29) is 5.75 Å². The van der Waals surface area contributed by atoms with Crippen molar-refractivity contribution in [3.05, 3.63) is 90.0 Å². The molecule has 0 saturated carbocycles. The average molecular weight is 343 g/mol. The highest BCUT2D eigenvalue weighted by atomic mass is 16.3. The first-order valence-electron chi connectivity index (χ1n) is 8.57. The van der Waals surface area contributed by atoms with Gasteiger partial charge in [-0.25, -0.2) is 0 Å². The Morgan fingerprint density at radius 2 is 1.50 bits per heavy atom. The van der Waals surface area contributed by atoms with Gasteiger partial charge >= 0.3 is 0 Å². The summed E-state index contributed by atoms with van der Waals surface area (Å²) in [4.78, 5) is 4.48. The van der Waals surface area contributed by atoms with E-state index in [1.165, 1.54) is 5.56 Å². The highest BCUT2D eigenvalue weighted by Gasteiger charge is 2.04. The molecule has 1 atom stereocenters. The summed E-state index contributed by atoms with van der Waals surface area (Å²) in [6.07, 6.45) is 1.69. The van der Waals surface area contributed by atoms with E-state index >= 15 is 0 Å². The lowest BCUT2D eigenvalue weighted by molar-refractivity contribution is 0.474. The van der Waals surface area contributed by atoms with Gasteiger partial charge in [-0.1, -0.05) is 55.5 Å². The van der Waals surface area contributed by atoms with Crippen molar-refractivity contribution in [3.63, 3.8) is 0 Å². The van der Waals surface area contributed by atoms with Gasteiger partial charge in [-0.15, -0.1) is 0 Å². The van der Waals surface area contributed by atoms with Crippen LogP contribution in [-0.2, 0) is 0 Å². The molecule has 4 heteroatoms. The molecule has 3 rings (SSSR count). The lowest BCUT2D eigenvalue weighted by Gasteiger charge is -2.08. The fraction of sp³-hybridized carbons (Fsp3) is 0.136. The minimum Gasteiger partial charge on any atom is -0.507 e. The van der Waals surface area contributed by atoms with Crippen molar-refractivity contribution in [2.45, 2.75) is 12.8 Å². The zero-order chi connectivity index (χ0) is 18.2. The molecule has 0 aromatic heterocycles. The van der Waals surface area contributed by atoms with Crippen LogP contribution in [0.2, 0.25) is 0 Å². The SMILES string of the molecule is C[C@H](CN=Cc1cc(N=Nc2ccccc2)ccc1O)c1ccccc1. The number of rotatable bonds is 6. The summed E-state index contributed by atoms with van der Waals surface area (Å²) in [5.41, 5.74) is 3.34. The third-order valence-corrected chi connectivity index (χ3v) is 4.03. The summed E-state index contributed by atoms with van der Waals surface area (Å²) in [5.74, 6) is 0.496. The molecule has 130 valence electrons. The number of phenols is 1. The third kappa shape index (κ3) is 4.86. The quantitative estimate of drug-likeness (QED) is 0.431. The second-order valence-corrected chi connectivity index (χ2v) is 6.08. The highest BCUT2D eigenvalue weighted by molar-refractivity contribution is 5.84. The van der Waals surface area contributed by atoms with E-state index in [1.807, 2.05) is 48.5 Å². The topological polar surface area (TPSA) is 57.3 Å². The molecule has 0 aliphatic heterocycles. The summed E-state index contributed by atoms with van der Waals surface area (Å²) in [7, 11) is 0. The number of hydrogen-bond acceptors (Lipinski definition) is 4. The largest absolute Gasteiger partial charge is 0.507 e. The second-order valence-electron chi connectivity index (χ2n) is 6.08. The fourth-order valence-electron chi connectivity index (χ4n) is 2.51. The average Bonchev–Trinajstić information content (AvgIpc) is 2.69. The maximum absolute atomic E-state index is 10.0. The molecule has 1 N–H and O–H groups in total. The molecule has 4 nitrogen and oxygen atoms in total. The molecule has 0 amide bonds. The predicted molar refractivity (Wildman–Crippen MR) is 106 cm³/mol. The first-order valence-corrected chi connectivity index (χ1v) is 8.57. The van der Waals surface area contributed by atoms with Gasteiger partial charge in [-0.2, -0.15) is 10.2 Å². The van der Waals surface area contributed by atoms with Crippen LogP contribution in [0, 0.1) is 0 Å². The van der Waals surface area contributed by atoms with Gasteiger partial charge in [0.2, 0.25) is 0 Å². The third-order valence-electron chi connectivity index (χ3n) is 4.03. The van der Waals surface area contributed by atoms with Gasteiger partial charge in [0.1, 0.15) is 5.75 Å². The van der Waals surface area contributed by atoms with Crippen LogP contribution in [0.4, 0.5) is 11.4 Å². The van der Waals surface area contributed by atoms with Crippen LogP contribution in [0.3, 0.4) is 0 Å². The summed E-state index contributed by atoms with van der Waals surface area (Å²) in [6.45, 7) is 2.79. The van der Waals surface area contributed by atoms with Crippen molar-refractivity contribution < 1.29 is 5.11 Å². The molecule has 3 aromatic carbocycles. The molecule has 0 heterocycles. The Morgan fingerprint density at radius 1 is 0.846 bits per heavy atom. The minimum atomic E-state index is 0.180. The van der Waals surface area contributed by atoms with Gasteiger partial charge < -0.3 is 5.11 Å². The molecule has 0 aliphatic rings. The Bertz CT molecular complexity index is 890. The number of benzene rings is 3. The van der Waals surface area contributed by atoms with Gasteiger partial charge in [-0.3, -0.25) is 4.99 Å². The first-order chi connectivity index (χ1) is 12.7. The van der Waals surface area contributed by atoms with Crippen molar-refractivity contribution in [3.8, 4) is 5.75 Å². The maximum atomic E-state index is 10.0. The molecule has 0 spiro atoms. The molecule has 0 aliphatic carbocycles. The molecule has 0 saturated heterocycles. The second kappa shape index (κ2) is 8.72. The minimum absolute atomic E-state index is 0.180. The molecule has 0 bridgehead atoms. The molecule has 26 heavy (non-hydrogen) atoms. The highest BCUT2D eigenvalue weighted by Crippen LogP contribution is 2.24. The number of phenolic OH excluding ortho intramolecular Hbond substituents is 1. The smallest absolute Gasteiger partial charge is 0.124 e. The molecular formula is C22H21N3O. The molecule has 0 fully saturated rings. The standard InChI is InChI=1S/C22H21N3O/c1-17(18-8-4-2-5-9-18)15-23-16-19-14-21(12-13-22(19)26)25-24-20-10-6-3-7-11-20/h2-14,16-17,26H,15H2,1H3/t17-/m1/s1. The number of aromatic hydroxyl groups is 1. The van der Waals surface area contributed by atoms with Gasteiger partial charge in [0, 0.05) is 24.2 Å². The van der Waals surface area contributed by atoms with Crippen molar-refractivity contribution in [2.75, 3.05) is 6.54 Å². The zero-order valence-electron chi connectivity index (χ0n) is 14.7. The van der Waals surface area contributed by atoms with E-state index in [0.717, 1.165) is 5.69 Å². The summed E-state index contributed by atoms with van der Waals surface area (Å²) in [5, 5.41) is 18.5. The lowest BCUT2D eigenvalue weighted by atomic mass is 10.0. The summed E-state index contributed by atoms with van der Waals surface area (Å²) >= 11 is 0. The fourth-order valence-corrected chi connectivity index (χ4v) is 2.51. The molecule has 0 radical (unpaired) electrons. The van der Waals surface area contributed by atoms with E-state index in [2.05, 4.69) is 34.3 Å². The number of nitrogens with zero attached hydrogens (tertiary/aromatic N) is 3. The predicted octanol–water partition coefficient (Wildman–Crippen LogP) is 6.03. The maximum Gasteiger partial charge on any atom is 0.124 e. The van der Waals surface area contributed by atoms with Gasteiger partial charge in [-0.05, 0) is 35.9 Å². The van der Waals surface area contributed by atoms with E-state index in [1.54, 1.807) is 24.4 Å². The monoisotopic (exact) mass is 343 g/mol. The van der Waals surface area contributed by atoms with Gasteiger partial charge in [0.05, 0.1) is 11.4 Å². The molecule has 0 unspecified atom stereocenters. The van der Waals surface area contributed by atoms with Crippen LogP contribution in [-0.4, -0.2) is 17.9 Å². The van der Waals surface area contributed by atoms with Crippen LogP contribution in [0.5, 0.6) is 5.75 Å². The zero-order valence-corrected chi connectivity index (χ0v) is 14.7. The van der Waals surface area contributed by atoms with Crippen LogP contribution in [0.25, 0.3) is 0 Å². The van der Waals surface area contributed by atoms with Crippen LogP contribution in [0.15, 0.2) is 94.1 Å². The van der Waals surface area contributed by atoms with Crippen molar-refractivity contribution in [2.24, 2.45) is 15.2 Å². The molecular weight excluding hydrogens is 322 g/mol. The van der Waals surface area contributed by atoms with E-state index in [9.17, 15) is 5.11 Å². The van der Waals surface area contributed by atoms with Crippen LogP contribution in [0.1, 0.15) is 24.0 Å². The van der Waals surface area contributed by atoms with Crippen LogP contribution >= 0.6 is 0 Å². The van der Waals surface area contributed by atoms with Crippen molar-refractivity contribution >= 4 is 17.6 Å². The van der Waals surface area contributed by atoms with Gasteiger partial charge in [0.25, 0.3) is 0 Å². The van der Waals surface area contributed by atoms with E-state index in [4.69, 9.17) is 0 Å². The Balaban J connectivity index is 1.68. The molecule has 3 aromatic rings.